The summed E-state index contributed by atoms with van der Waals surface area (Å²) in [6.45, 7) is 34.9. The largest absolute Gasteiger partial charge is 1.00 e. The van der Waals surface area contributed by atoms with Crippen LogP contribution in [0, 0.1) is 16.2 Å². The predicted molar refractivity (Wildman–Crippen MR) is 271 cm³/mol. The van der Waals surface area contributed by atoms with E-state index in [4.69, 9.17) is 32.9 Å². The van der Waals surface area contributed by atoms with E-state index in [9.17, 15) is 44.4 Å². The van der Waals surface area contributed by atoms with E-state index >= 15 is 0 Å². The molecule has 1 unspecified atom stereocenters. The molecule has 1 aromatic carbocycles. The summed E-state index contributed by atoms with van der Waals surface area (Å²) in [6, 6.07) is 7.21. The van der Waals surface area contributed by atoms with Crippen molar-refractivity contribution in [3.63, 3.8) is 0 Å². The van der Waals surface area contributed by atoms with Gasteiger partial charge in [0.05, 0.1) is 49.3 Å². The zero-order valence-corrected chi connectivity index (χ0v) is 51.5. The topological polar surface area (TPSA) is 209 Å². The molecule has 0 saturated heterocycles. The van der Waals surface area contributed by atoms with E-state index in [1.165, 1.54) is 31.0 Å². The van der Waals surface area contributed by atoms with Crippen LogP contribution in [0.5, 0.6) is 0 Å². The van der Waals surface area contributed by atoms with Gasteiger partial charge in [-0.3, -0.25) is 14.4 Å². The first kappa shape index (κ1) is 75.1. The minimum atomic E-state index is -6.10. The number of aliphatic hydroxyl groups excluding tert-OH is 1. The zero-order valence-electron chi connectivity index (χ0n) is 45.9. The van der Waals surface area contributed by atoms with Crippen molar-refractivity contribution in [2.75, 3.05) is 53.4 Å². The SMILES string of the molecule is CCC(C)(C)C(=O)OCCO.CCC(C)(C)C(=O)OCCOCCOC.CCC(C)c1ccc(S(=O)(=O)[N-]S(=O)(=O)C(F)(F)F)cc1.CCCC[Si](C)(C)O[Si](C)(C)CCCOC(=O)C(C)(C)CC.[Na+]. The normalized spacial score (nSPS) is 12.9. The molecule has 1 atom stereocenters. The van der Waals surface area contributed by atoms with Gasteiger partial charge in [-0.2, -0.15) is 13.2 Å². The number of benzene rings is 1. The van der Waals surface area contributed by atoms with Crippen LogP contribution in [0.1, 0.15) is 140 Å². The first-order valence-corrected chi connectivity index (χ1v) is 32.9. The second kappa shape index (κ2) is 35.7. The molecule has 0 aliphatic carbocycles. The minimum Gasteiger partial charge on any atom is -0.465 e. The first-order valence-electron chi connectivity index (χ1n) is 23.7. The van der Waals surface area contributed by atoms with E-state index in [1.807, 2.05) is 80.3 Å². The molecule has 0 aliphatic heterocycles. The fraction of sp³-hybridized carbons (Fsp3) is 0.809. The van der Waals surface area contributed by atoms with E-state index < -0.39 is 57.9 Å². The van der Waals surface area contributed by atoms with E-state index in [-0.39, 0.29) is 72.0 Å². The number of halogens is 3. The monoisotopic (exact) mass is 1090 g/mol. The summed E-state index contributed by atoms with van der Waals surface area (Å²) in [5.41, 5.74) is -6.15. The molecule has 1 aromatic rings. The Morgan fingerprint density at radius 3 is 1.43 bits per heavy atom. The van der Waals surface area contributed by atoms with Crippen molar-refractivity contribution < 1.29 is 107 Å². The number of esters is 3. The van der Waals surface area contributed by atoms with E-state index in [2.05, 4.69) is 33.1 Å². The third-order valence-electron chi connectivity index (χ3n) is 11.2. The van der Waals surface area contributed by atoms with Crippen LogP contribution in [0.2, 0.25) is 38.3 Å². The van der Waals surface area contributed by atoms with Crippen LogP contribution in [-0.4, -0.2) is 115 Å². The molecule has 0 amide bonds. The van der Waals surface area contributed by atoms with Crippen LogP contribution in [-0.2, 0) is 62.2 Å². The van der Waals surface area contributed by atoms with Crippen LogP contribution < -0.4 is 29.6 Å². The van der Waals surface area contributed by atoms with E-state index in [0.29, 0.717) is 33.0 Å². The van der Waals surface area contributed by atoms with E-state index in [1.54, 1.807) is 7.11 Å². The number of ether oxygens (including phenoxy) is 5. The quantitative estimate of drug-likeness (QED) is 0.0363. The van der Waals surface area contributed by atoms with Crippen molar-refractivity contribution >= 4 is 54.6 Å². The fourth-order valence-electron chi connectivity index (χ4n) is 5.13. The standard InChI is InChI=1S/C17H38O3Si2.C11H13F3NO4S2.C11H22O4.C8H16O3.Na/c1-9-11-14-21(5,6)20-22(7,8)15-12-13-19-16(18)17(3,4)10-2;1-3-8(2)9-4-6-10(7-5-9)20(16,17)15-21(18,19)11(12,13)14;1-5-11(2,3)10(12)15-9-8-14-7-6-13-4;1-4-8(2,3)7(10)11-6-5-9;/h9-15H2,1-8H3;4-8H,3H2,1-2H3;5-9H2,1-4H3;9H,4-6H2,1-3H3;/q;-1;;;+1. The maximum atomic E-state index is 12.1. The maximum Gasteiger partial charge on any atom is 1.00 e. The van der Waals surface area contributed by atoms with Gasteiger partial charge in [0.15, 0.2) is 26.7 Å². The molecule has 1 N–H and O–H groups in total. The Kier molecular flexibility index (Phi) is 38.3. The summed E-state index contributed by atoms with van der Waals surface area (Å²) >= 11 is 0. The number of carbonyl (C=O) groups excluding carboxylic acids is 3. The van der Waals surface area contributed by atoms with Gasteiger partial charge in [-0.15, -0.1) is 0 Å². The van der Waals surface area contributed by atoms with Crippen molar-refractivity contribution in [3.05, 3.63) is 34.0 Å². The molecule has 70 heavy (non-hydrogen) atoms. The average Bonchev–Trinajstić information content (AvgIpc) is 3.26. The summed E-state index contributed by atoms with van der Waals surface area (Å²) in [5.74, 6) is -0.347. The van der Waals surface area contributed by atoms with Gasteiger partial charge in [-0.05, 0) is 136 Å². The van der Waals surface area contributed by atoms with Crippen LogP contribution >= 0.6 is 0 Å². The molecule has 23 heteroatoms. The number of methoxy groups -OCH3 is 1. The third kappa shape index (κ3) is 32.7. The Hall–Kier alpha value is -1.45. The first-order chi connectivity index (χ1) is 31.4. The number of carbonyl (C=O) groups is 3. The summed E-state index contributed by atoms with van der Waals surface area (Å²) in [4.78, 5) is 33.9. The number of aliphatic hydroxyl groups is 1. The van der Waals surface area contributed by atoms with Gasteiger partial charge in [-0.25, -0.2) is 16.8 Å². The average molecular weight is 1090 g/mol. The smallest absolute Gasteiger partial charge is 0.465 e. The molecule has 1 rings (SSSR count). The Morgan fingerprint density at radius 2 is 1.06 bits per heavy atom. The molecule has 0 spiro atoms. The summed E-state index contributed by atoms with van der Waals surface area (Å²) in [7, 11) is -12.6. The molecule has 0 fully saturated rings. The number of hydrogen-bond donors (Lipinski definition) is 1. The molecular formula is C47H89F3NNaO14S2Si2. The molecule has 0 saturated carbocycles. The molecular weight excluding hydrogens is 1000 g/mol. The van der Waals surface area contributed by atoms with Gasteiger partial charge in [0, 0.05) is 12.0 Å². The van der Waals surface area contributed by atoms with Gasteiger partial charge in [0.25, 0.3) is 0 Å². The van der Waals surface area contributed by atoms with Crippen LogP contribution in [0.3, 0.4) is 0 Å². The summed E-state index contributed by atoms with van der Waals surface area (Å²) in [5, 5.41) is 8.38. The number of nitrogens with zero attached hydrogens (tertiary/aromatic N) is 1. The van der Waals surface area contributed by atoms with Gasteiger partial charge < -0.3 is 37.0 Å². The van der Waals surface area contributed by atoms with Gasteiger partial charge in [0.2, 0.25) is 0 Å². The second-order valence-electron chi connectivity index (χ2n) is 19.6. The third-order valence-corrected chi connectivity index (χ3v) is 21.8. The maximum absolute atomic E-state index is 12.1. The number of rotatable bonds is 28. The zero-order chi connectivity index (χ0) is 54.6. The molecule has 15 nitrogen and oxygen atoms in total. The van der Waals surface area contributed by atoms with Gasteiger partial charge in [-0.1, -0.05) is 66.5 Å². The number of sulfonamides is 2. The minimum absolute atomic E-state index is 0. The van der Waals surface area contributed by atoms with Crippen molar-refractivity contribution in [2.45, 2.75) is 183 Å². The predicted octanol–water partition coefficient (Wildman–Crippen LogP) is 8.29. The Balaban J connectivity index is -0.000000426. The number of hydrogen-bond acceptors (Lipinski definition) is 14. The Morgan fingerprint density at radius 1 is 0.657 bits per heavy atom. The van der Waals surface area contributed by atoms with Crippen molar-refractivity contribution in [3.8, 4) is 0 Å². The van der Waals surface area contributed by atoms with Gasteiger partial charge >= 0.3 is 53.0 Å². The summed E-state index contributed by atoms with van der Waals surface area (Å²) < 4.78 is 115. The number of unbranched alkanes of at least 4 members (excludes halogenated alkanes) is 1. The fourth-order valence-corrected chi connectivity index (χ4v) is 16.3. The Labute approximate surface area is 444 Å². The van der Waals surface area contributed by atoms with Crippen molar-refractivity contribution in [1.82, 2.24) is 0 Å². The van der Waals surface area contributed by atoms with Crippen LogP contribution in [0.25, 0.3) is 4.13 Å². The van der Waals surface area contributed by atoms with Crippen LogP contribution in [0.15, 0.2) is 29.2 Å². The Bertz CT molecular complexity index is 1830. The van der Waals surface area contributed by atoms with Crippen molar-refractivity contribution in [1.29, 1.82) is 0 Å². The van der Waals surface area contributed by atoms with Crippen LogP contribution in [0.4, 0.5) is 13.2 Å². The van der Waals surface area contributed by atoms with E-state index in [0.717, 1.165) is 55.8 Å². The molecule has 0 aromatic heterocycles. The molecule has 0 radical (unpaired) electrons. The summed E-state index contributed by atoms with van der Waals surface area (Å²) in [6.07, 6.45) is 6.56. The van der Waals surface area contributed by atoms with Gasteiger partial charge in [0.1, 0.15) is 23.2 Å². The van der Waals surface area contributed by atoms with Crippen molar-refractivity contribution in [2.24, 2.45) is 16.2 Å². The molecule has 408 valence electrons. The number of alkyl halides is 3. The molecule has 0 aliphatic rings. The second-order valence-corrected chi connectivity index (χ2v) is 31.9. The molecule has 0 bridgehead atoms. The molecule has 0 heterocycles.